The van der Waals surface area contributed by atoms with Crippen molar-refractivity contribution in [2.45, 2.75) is 0 Å². The number of nitrogens with one attached hydrogen (secondary N) is 1. The lowest BCUT2D eigenvalue weighted by molar-refractivity contribution is -0.113. The Bertz CT molecular complexity index is 686. The molecule has 0 saturated carbocycles. The van der Waals surface area contributed by atoms with Gasteiger partial charge in [0.1, 0.15) is 11.6 Å². The number of benzene rings is 2. The standard InChI is InChI=1S/C17H16FNO2S/c18-15-9-4-10-16(12-15)19-17(20)13-22(21)11-5-8-14-6-2-1-3-7-14/h1-10,12H,11,13H2,(H,19,20)/b8-5+/t22-/m1/s1. The van der Waals surface area contributed by atoms with Gasteiger partial charge in [0.2, 0.25) is 5.91 Å². The summed E-state index contributed by atoms with van der Waals surface area (Å²) in [5.41, 5.74) is 1.38. The van der Waals surface area contributed by atoms with Crippen LogP contribution in [0.2, 0.25) is 0 Å². The van der Waals surface area contributed by atoms with Crippen LogP contribution < -0.4 is 5.32 Å². The smallest absolute Gasteiger partial charge is 0.237 e. The summed E-state index contributed by atoms with van der Waals surface area (Å²) in [5.74, 6) is -0.636. The third-order valence-corrected chi connectivity index (χ3v) is 3.94. The molecule has 0 fully saturated rings. The normalized spacial score (nSPS) is 12.2. The second kappa shape index (κ2) is 8.24. The average Bonchev–Trinajstić information content (AvgIpc) is 2.48. The quantitative estimate of drug-likeness (QED) is 0.889. The SMILES string of the molecule is O=C(C[S@](=O)C/C=C/c1ccccc1)Nc1cccc(F)c1. The van der Waals surface area contributed by atoms with Gasteiger partial charge in [-0.1, -0.05) is 48.6 Å². The van der Waals surface area contributed by atoms with Crippen molar-refractivity contribution in [2.75, 3.05) is 16.8 Å². The van der Waals surface area contributed by atoms with E-state index in [0.29, 0.717) is 11.4 Å². The zero-order chi connectivity index (χ0) is 15.8. The first-order valence-electron chi connectivity index (χ1n) is 6.75. The van der Waals surface area contributed by atoms with E-state index in [1.807, 2.05) is 36.4 Å². The van der Waals surface area contributed by atoms with Gasteiger partial charge in [-0.15, -0.1) is 0 Å². The summed E-state index contributed by atoms with van der Waals surface area (Å²) in [5, 5.41) is 2.53. The Balaban J connectivity index is 1.79. The van der Waals surface area contributed by atoms with Gasteiger partial charge in [0.05, 0.1) is 0 Å². The topological polar surface area (TPSA) is 46.2 Å². The molecule has 0 unspecified atom stereocenters. The van der Waals surface area contributed by atoms with Gasteiger partial charge < -0.3 is 5.32 Å². The number of hydrogen-bond acceptors (Lipinski definition) is 2. The fourth-order valence-electron chi connectivity index (χ4n) is 1.82. The minimum absolute atomic E-state index is 0.115. The number of rotatable bonds is 6. The number of anilines is 1. The monoisotopic (exact) mass is 317 g/mol. The number of hydrogen-bond donors (Lipinski definition) is 1. The zero-order valence-corrected chi connectivity index (χ0v) is 12.7. The third-order valence-electron chi connectivity index (χ3n) is 2.79. The first kappa shape index (κ1) is 16.1. The summed E-state index contributed by atoms with van der Waals surface area (Å²) >= 11 is 0. The summed E-state index contributed by atoms with van der Waals surface area (Å²) in [7, 11) is -1.30. The Kier molecular flexibility index (Phi) is 6.03. The molecule has 1 N–H and O–H groups in total. The summed E-state index contributed by atoms with van der Waals surface area (Å²) < 4.78 is 24.8. The van der Waals surface area contributed by atoms with Crippen molar-refractivity contribution in [3.05, 3.63) is 72.1 Å². The number of halogens is 1. The lowest BCUT2D eigenvalue weighted by Gasteiger charge is -2.04. The lowest BCUT2D eigenvalue weighted by Crippen LogP contribution is -2.20. The van der Waals surface area contributed by atoms with Crippen LogP contribution in [0.4, 0.5) is 10.1 Å². The highest BCUT2D eigenvalue weighted by molar-refractivity contribution is 7.85. The van der Waals surface area contributed by atoms with E-state index in [9.17, 15) is 13.4 Å². The average molecular weight is 317 g/mol. The zero-order valence-electron chi connectivity index (χ0n) is 11.9. The van der Waals surface area contributed by atoms with Crippen molar-refractivity contribution in [1.29, 1.82) is 0 Å². The molecule has 3 nitrogen and oxygen atoms in total. The highest BCUT2D eigenvalue weighted by Gasteiger charge is 2.07. The highest BCUT2D eigenvalue weighted by atomic mass is 32.2. The van der Waals surface area contributed by atoms with Crippen LogP contribution >= 0.6 is 0 Å². The largest absolute Gasteiger partial charge is 0.325 e. The fraction of sp³-hybridized carbons (Fsp3) is 0.118. The van der Waals surface area contributed by atoms with Crippen molar-refractivity contribution in [3.63, 3.8) is 0 Å². The molecular formula is C17H16FNO2S. The van der Waals surface area contributed by atoms with Gasteiger partial charge in [0.25, 0.3) is 0 Å². The molecule has 0 radical (unpaired) electrons. The third kappa shape index (κ3) is 5.61. The van der Waals surface area contributed by atoms with E-state index in [1.165, 1.54) is 18.2 Å². The molecule has 2 aromatic carbocycles. The summed E-state index contributed by atoms with van der Waals surface area (Å²) in [6.07, 6.45) is 3.64. The molecule has 1 amide bonds. The summed E-state index contributed by atoms with van der Waals surface area (Å²) in [6, 6.07) is 15.2. The molecule has 22 heavy (non-hydrogen) atoms. The van der Waals surface area contributed by atoms with E-state index < -0.39 is 22.5 Å². The van der Waals surface area contributed by atoms with Crippen molar-refractivity contribution >= 4 is 28.5 Å². The highest BCUT2D eigenvalue weighted by Crippen LogP contribution is 2.09. The second-order valence-corrected chi connectivity index (χ2v) is 6.12. The molecule has 0 saturated heterocycles. The van der Waals surface area contributed by atoms with Crippen LogP contribution in [0.5, 0.6) is 0 Å². The molecule has 0 spiro atoms. The molecule has 114 valence electrons. The van der Waals surface area contributed by atoms with Crippen LogP contribution in [0.3, 0.4) is 0 Å². The second-order valence-electron chi connectivity index (χ2n) is 4.62. The lowest BCUT2D eigenvalue weighted by atomic mass is 10.2. The van der Waals surface area contributed by atoms with Crippen LogP contribution in [0.15, 0.2) is 60.7 Å². The van der Waals surface area contributed by atoms with Crippen molar-refractivity contribution in [1.82, 2.24) is 0 Å². The van der Waals surface area contributed by atoms with Crippen molar-refractivity contribution in [3.8, 4) is 0 Å². The van der Waals surface area contributed by atoms with Crippen molar-refractivity contribution in [2.24, 2.45) is 0 Å². The first-order valence-corrected chi connectivity index (χ1v) is 8.24. The van der Waals surface area contributed by atoms with E-state index in [2.05, 4.69) is 5.32 Å². The first-order chi connectivity index (χ1) is 10.6. The van der Waals surface area contributed by atoms with Gasteiger partial charge in [-0.25, -0.2) is 4.39 Å². The Hall–Kier alpha value is -2.27. The minimum Gasteiger partial charge on any atom is -0.325 e. The van der Waals surface area contributed by atoms with E-state index >= 15 is 0 Å². The minimum atomic E-state index is -1.30. The van der Waals surface area contributed by atoms with Gasteiger partial charge in [0.15, 0.2) is 0 Å². The predicted molar refractivity (Wildman–Crippen MR) is 88.4 cm³/mol. The number of carbonyl (C=O) groups excluding carboxylic acids is 1. The molecule has 0 bridgehead atoms. The predicted octanol–water partition coefficient (Wildman–Crippen LogP) is 3.23. The Morgan fingerprint density at radius 1 is 1.14 bits per heavy atom. The maximum atomic E-state index is 13.0. The van der Waals surface area contributed by atoms with Crippen LogP contribution in [-0.2, 0) is 15.6 Å². The Labute approximate surface area is 131 Å². The number of carbonyl (C=O) groups is 1. The molecule has 0 aliphatic carbocycles. The summed E-state index contributed by atoms with van der Waals surface area (Å²) in [6.45, 7) is 0. The molecule has 0 aromatic heterocycles. The van der Waals surface area contributed by atoms with Crippen LogP contribution in [0.25, 0.3) is 6.08 Å². The molecule has 1 atom stereocenters. The van der Waals surface area contributed by atoms with Gasteiger partial charge >= 0.3 is 0 Å². The Morgan fingerprint density at radius 2 is 1.91 bits per heavy atom. The van der Waals surface area contributed by atoms with Crippen LogP contribution in [0.1, 0.15) is 5.56 Å². The molecule has 2 aromatic rings. The van der Waals surface area contributed by atoms with Gasteiger partial charge in [-0.05, 0) is 23.8 Å². The van der Waals surface area contributed by atoms with E-state index in [-0.39, 0.29) is 5.75 Å². The molecule has 0 heterocycles. The van der Waals surface area contributed by atoms with Gasteiger partial charge in [-0.3, -0.25) is 9.00 Å². The maximum absolute atomic E-state index is 13.0. The van der Waals surface area contributed by atoms with E-state index in [1.54, 1.807) is 12.1 Å². The van der Waals surface area contributed by atoms with Gasteiger partial charge in [0, 0.05) is 22.2 Å². The molecule has 0 aliphatic rings. The molecule has 0 aliphatic heterocycles. The Morgan fingerprint density at radius 3 is 2.64 bits per heavy atom. The van der Waals surface area contributed by atoms with Crippen molar-refractivity contribution < 1.29 is 13.4 Å². The van der Waals surface area contributed by atoms with E-state index in [4.69, 9.17) is 0 Å². The number of amides is 1. The fourth-order valence-corrected chi connectivity index (χ4v) is 2.62. The van der Waals surface area contributed by atoms with E-state index in [0.717, 1.165) is 5.56 Å². The van der Waals surface area contributed by atoms with Crippen LogP contribution in [0, 0.1) is 5.82 Å². The molecule has 5 heteroatoms. The maximum Gasteiger partial charge on any atom is 0.237 e. The van der Waals surface area contributed by atoms with Crippen LogP contribution in [-0.4, -0.2) is 21.6 Å². The summed E-state index contributed by atoms with van der Waals surface area (Å²) in [4.78, 5) is 11.7. The molecule has 2 rings (SSSR count). The molecular weight excluding hydrogens is 301 g/mol. The van der Waals surface area contributed by atoms with Gasteiger partial charge in [-0.2, -0.15) is 0 Å².